The zero-order valence-electron chi connectivity index (χ0n) is 17.1. The Morgan fingerprint density at radius 3 is 2.87 bits per heavy atom. The predicted molar refractivity (Wildman–Crippen MR) is 120 cm³/mol. The average Bonchev–Trinajstić information content (AvgIpc) is 2.87. The van der Waals surface area contributed by atoms with Gasteiger partial charge in [0, 0.05) is 30.7 Å². The Hall–Kier alpha value is -3.38. The lowest BCUT2D eigenvalue weighted by Crippen LogP contribution is -2.32. The highest BCUT2D eigenvalue weighted by Gasteiger charge is 2.29. The standard InChI is InChI=1S/C24H22ClN3O3/c1-16-5-2-6-17(13-16)15-27-22(29)8-4-12-28-20-14-18(25)9-10-21(20)31-23-19(24(28)30)7-3-11-26-23/h2-3,5-7,9-11,13-14H,4,8,12,15H2,1H3,(H,27,29). The fourth-order valence-electron chi connectivity index (χ4n) is 3.51. The van der Waals surface area contributed by atoms with Crippen molar-refractivity contribution >= 4 is 29.1 Å². The zero-order chi connectivity index (χ0) is 21.8. The molecule has 4 rings (SSSR count). The quantitative estimate of drug-likeness (QED) is 0.598. The second-order valence-electron chi connectivity index (χ2n) is 7.40. The Labute approximate surface area is 185 Å². The lowest BCUT2D eigenvalue weighted by atomic mass is 10.1. The molecule has 0 unspecified atom stereocenters. The maximum atomic E-state index is 13.2. The summed E-state index contributed by atoms with van der Waals surface area (Å²) in [5.74, 6) is 0.464. The number of hydrogen-bond acceptors (Lipinski definition) is 4. The Morgan fingerprint density at radius 1 is 1.16 bits per heavy atom. The number of nitrogens with one attached hydrogen (secondary N) is 1. The number of anilines is 1. The number of pyridine rings is 1. The smallest absolute Gasteiger partial charge is 0.263 e. The summed E-state index contributed by atoms with van der Waals surface area (Å²) in [6, 6.07) is 16.5. The van der Waals surface area contributed by atoms with E-state index in [-0.39, 0.29) is 17.7 Å². The molecule has 3 aromatic rings. The summed E-state index contributed by atoms with van der Waals surface area (Å²) in [5, 5.41) is 3.43. The molecule has 1 N–H and O–H groups in total. The summed E-state index contributed by atoms with van der Waals surface area (Å²) >= 11 is 6.18. The number of benzene rings is 2. The van der Waals surface area contributed by atoms with Crippen molar-refractivity contribution in [3.8, 4) is 11.6 Å². The van der Waals surface area contributed by atoms with Crippen molar-refractivity contribution < 1.29 is 14.3 Å². The van der Waals surface area contributed by atoms with Crippen molar-refractivity contribution in [3.63, 3.8) is 0 Å². The maximum absolute atomic E-state index is 13.2. The SMILES string of the molecule is Cc1cccc(CNC(=O)CCCN2C(=O)c3cccnc3Oc3ccc(Cl)cc32)c1. The van der Waals surface area contributed by atoms with Gasteiger partial charge in [-0.15, -0.1) is 0 Å². The first kappa shape index (κ1) is 20.9. The Morgan fingerprint density at radius 2 is 2.03 bits per heavy atom. The molecule has 0 atom stereocenters. The van der Waals surface area contributed by atoms with Crippen molar-refractivity contribution in [2.45, 2.75) is 26.3 Å². The lowest BCUT2D eigenvalue weighted by molar-refractivity contribution is -0.121. The zero-order valence-corrected chi connectivity index (χ0v) is 17.9. The van der Waals surface area contributed by atoms with E-state index in [4.69, 9.17) is 16.3 Å². The van der Waals surface area contributed by atoms with Crippen LogP contribution in [-0.4, -0.2) is 23.3 Å². The number of hydrogen-bond donors (Lipinski definition) is 1. The molecule has 0 radical (unpaired) electrons. The van der Waals surface area contributed by atoms with Gasteiger partial charge in [0.1, 0.15) is 5.56 Å². The second-order valence-corrected chi connectivity index (χ2v) is 7.83. The van der Waals surface area contributed by atoms with Gasteiger partial charge in [0.15, 0.2) is 5.75 Å². The van der Waals surface area contributed by atoms with Gasteiger partial charge in [-0.05, 0) is 49.2 Å². The molecule has 2 aromatic carbocycles. The van der Waals surface area contributed by atoms with E-state index in [1.54, 1.807) is 41.4 Å². The molecule has 158 valence electrons. The van der Waals surface area contributed by atoms with E-state index in [2.05, 4.69) is 10.3 Å². The molecule has 2 heterocycles. The van der Waals surface area contributed by atoms with Gasteiger partial charge in [-0.3, -0.25) is 9.59 Å². The van der Waals surface area contributed by atoms with Crippen LogP contribution in [0.5, 0.6) is 11.6 Å². The molecule has 0 fully saturated rings. The average molecular weight is 436 g/mol. The highest BCUT2D eigenvalue weighted by atomic mass is 35.5. The number of carbonyl (C=O) groups excluding carboxylic acids is 2. The van der Waals surface area contributed by atoms with Crippen molar-refractivity contribution in [3.05, 3.63) is 82.5 Å². The first-order chi connectivity index (χ1) is 15.0. The third-order valence-corrected chi connectivity index (χ3v) is 5.26. The molecule has 1 aliphatic rings. The molecule has 2 amide bonds. The molecule has 0 spiro atoms. The molecule has 0 bridgehead atoms. The molecule has 0 saturated heterocycles. The minimum atomic E-state index is -0.232. The number of rotatable bonds is 6. The van der Waals surface area contributed by atoms with Crippen LogP contribution in [0.3, 0.4) is 0 Å². The molecule has 7 heteroatoms. The molecule has 6 nitrogen and oxygen atoms in total. The Kier molecular flexibility index (Phi) is 6.18. The van der Waals surface area contributed by atoms with Gasteiger partial charge in [-0.25, -0.2) is 4.98 Å². The molecular formula is C24H22ClN3O3. The normalized spacial score (nSPS) is 12.5. The van der Waals surface area contributed by atoms with E-state index in [1.165, 1.54) is 0 Å². The van der Waals surface area contributed by atoms with Crippen LogP contribution in [0.2, 0.25) is 5.02 Å². The molecule has 1 aromatic heterocycles. The third kappa shape index (κ3) is 4.86. The van der Waals surface area contributed by atoms with Crippen LogP contribution in [0.25, 0.3) is 0 Å². The predicted octanol–water partition coefficient (Wildman–Crippen LogP) is 4.89. The Bertz CT molecular complexity index is 1130. The largest absolute Gasteiger partial charge is 0.436 e. The second kappa shape index (κ2) is 9.18. The topological polar surface area (TPSA) is 71.5 Å². The van der Waals surface area contributed by atoms with Crippen molar-refractivity contribution in [1.82, 2.24) is 10.3 Å². The minimum Gasteiger partial charge on any atom is -0.436 e. The minimum absolute atomic E-state index is 0.0617. The number of carbonyl (C=O) groups is 2. The van der Waals surface area contributed by atoms with Crippen molar-refractivity contribution in [1.29, 1.82) is 0 Å². The highest BCUT2D eigenvalue weighted by molar-refractivity contribution is 6.31. The van der Waals surface area contributed by atoms with Crippen LogP contribution in [0.1, 0.15) is 34.3 Å². The van der Waals surface area contributed by atoms with Gasteiger partial charge in [0.05, 0.1) is 5.69 Å². The summed E-state index contributed by atoms with van der Waals surface area (Å²) in [4.78, 5) is 31.3. The monoisotopic (exact) mass is 435 g/mol. The van der Waals surface area contributed by atoms with Gasteiger partial charge in [-0.2, -0.15) is 0 Å². The van der Waals surface area contributed by atoms with E-state index in [1.807, 2.05) is 31.2 Å². The third-order valence-electron chi connectivity index (χ3n) is 5.02. The van der Waals surface area contributed by atoms with Gasteiger partial charge < -0.3 is 15.0 Å². The van der Waals surface area contributed by atoms with Gasteiger partial charge in [0.25, 0.3) is 5.91 Å². The number of halogens is 1. The summed E-state index contributed by atoms with van der Waals surface area (Å²) in [6.45, 7) is 2.85. The number of fused-ring (bicyclic) bond motifs is 2. The van der Waals surface area contributed by atoms with E-state index in [0.29, 0.717) is 48.0 Å². The summed E-state index contributed by atoms with van der Waals surface area (Å²) in [5.41, 5.74) is 3.15. The fraction of sp³-hybridized carbons (Fsp3) is 0.208. The molecule has 0 saturated carbocycles. The summed E-state index contributed by atoms with van der Waals surface area (Å²) in [7, 11) is 0. The van der Waals surface area contributed by atoms with Gasteiger partial charge >= 0.3 is 0 Å². The van der Waals surface area contributed by atoms with Crippen LogP contribution >= 0.6 is 11.6 Å². The highest BCUT2D eigenvalue weighted by Crippen LogP contribution is 2.39. The van der Waals surface area contributed by atoms with Crippen LogP contribution in [-0.2, 0) is 11.3 Å². The maximum Gasteiger partial charge on any atom is 0.263 e. The number of aryl methyl sites for hydroxylation is 1. The van der Waals surface area contributed by atoms with E-state index < -0.39 is 0 Å². The van der Waals surface area contributed by atoms with Crippen LogP contribution in [0, 0.1) is 6.92 Å². The summed E-state index contributed by atoms with van der Waals surface area (Å²) in [6.07, 6.45) is 2.37. The summed E-state index contributed by atoms with van der Waals surface area (Å²) < 4.78 is 5.87. The van der Waals surface area contributed by atoms with Gasteiger partial charge in [0.2, 0.25) is 11.8 Å². The number of aromatic nitrogens is 1. The number of amides is 2. The Balaban J connectivity index is 1.44. The van der Waals surface area contributed by atoms with Gasteiger partial charge in [-0.1, -0.05) is 41.4 Å². The van der Waals surface area contributed by atoms with Crippen molar-refractivity contribution in [2.24, 2.45) is 0 Å². The molecule has 1 aliphatic heterocycles. The molecule has 0 aliphatic carbocycles. The lowest BCUT2D eigenvalue weighted by Gasteiger charge is -2.22. The van der Waals surface area contributed by atoms with Crippen molar-refractivity contribution in [2.75, 3.05) is 11.4 Å². The van der Waals surface area contributed by atoms with Crippen LogP contribution in [0.4, 0.5) is 5.69 Å². The van der Waals surface area contributed by atoms with Crippen LogP contribution in [0.15, 0.2) is 60.8 Å². The fourth-order valence-corrected chi connectivity index (χ4v) is 3.68. The number of ether oxygens (including phenoxy) is 1. The van der Waals surface area contributed by atoms with E-state index >= 15 is 0 Å². The first-order valence-electron chi connectivity index (χ1n) is 10.1. The van der Waals surface area contributed by atoms with Crippen LogP contribution < -0.4 is 15.0 Å². The molecular weight excluding hydrogens is 414 g/mol. The number of nitrogens with zero attached hydrogens (tertiary/aromatic N) is 2. The molecule has 31 heavy (non-hydrogen) atoms. The van der Waals surface area contributed by atoms with E-state index in [0.717, 1.165) is 11.1 Å². The first-order valence-corrected chi connectivity index (χ1v) is 10.5. The van der Waals surface area contributed by atoms with E-state index in [9.17, 15) is 9.59 Å².